The summed E-state index contributed by atoms with van der Waals surface area (Å²) >= 11 is 0. The van der Waals surface area contributed by atoms with Crippen LogP contribution in [0, 0.1) is 5.92 Å². The number of anilines is 2. The maximum Gasteiger partial charge on any atom is 0.304 e. The quantitative estimate of drug-likeness (QED) is 0.673. The molecule has 1 aromatic rings. The van der Waals surface area contributed by atoms with E-state index in [1.165, 1.54) is 0 Å². The fourth-order valence-corrected chi connectivity index (χ4v) is 2.01. The Morgan fingerprint density at radius 1 is 1.44 bits per heavy atom. The van der Waals surface area contributed by atoms with E-state index in [-0.39, 0.29) is 29.9 Å². The number of nitrogens with one attached hydrogen (secondary N) is 1. The molecule has 2 rings (SSSR count). The van der Waals surface area contributed by atoms with Gasteiger partial charge in [0.05, 0.1) is 23.6 Å². The van der Waals surface area contributed by atoms with Gasteiger partial charge in [-0.2, -0.15) is 0 Å². The molecule has 1 aliphatic heterocycles. The van der Waals surface area contributed by atoms with Gasteiger partial charge in [-0.25, -0.2) is 0 Å². The van der Waals surface area contributed by atoms with Gasteiger partial charge in [0.15, 0.2) is 5.78 Å². The highest BCUT2D eigenvalue weighted by molar-refractivity contribution is 6.13. The van der Waals surface area contributed by atoms with Gasteiger partial charge in [0, 0.05) is 12.1 Å². The molecule has 6 nitrogen and oxygen atoms in total. The lowest BCUT2D eigenvalue weighted by Gasteiger charge is -2.09. The first-order valence-electron chi connectivity index (χ1n) is 5.43. The van der Waals surface area contributed by atoms with E-state index in [0.717, 1.165) is 0 Å². The van der Waals surface area contributed by atoms with Gasteiger partial charge >= 0.3 is 5.97 Å². The molecule has 0 spiro atoms. The van der Waals surface area contributed by atoms with Crippen molar-refractivity contribution in [3.63, 3.8) is 0 Å². The summed E-state index contributed by atoms with van der Waals surface area (Å²) < 4.78 is 0. The first-order valence-corrected chi connectivity index (χ1v) is 5.43. The van der Waals surface area contributed by atoms with Crippen LogP contribution in [0.15, 0.2) is 18.2 Å². The average Bonchev–Trinajstić information content (AvgIpc) is 2.37. The van der Waals surface area contributed by atoms with Crippen LogP contribution in [0.2, 0.25) is 0 Å². The number of carbonyl (C=O) groups excluding carboxylic acids is 2. The molecular weight excluding hydrogens is 236 g/mol. The Kier molecular flexibility index (Phi) is 3.01. The van der Waals surface area contributed by atoms with Crippen LogP contribution < -0.4 is 11.1 Å². The molecule has 1 aromatic carbocycles. The van der Waals surface area contributed by atoms with Crippen LogP contribution in [0.5, 0.6) is 0 Å². The molecule has 6 heteroatoms. The number of carboxylic acids is 1. The van der Waals surface area contributed by atoms with Crippen LogP contribution >= 0.6 is 0 Å². The van der Waals surface area contributed by atoms with E-state index < -0.39 is 17.8 Å². The number of hydrogen-bond acceptors (Lipinski definition) is 4. The van der Waals surface area contributed by atoms with Crippen molar-refractivity contribution in [1.29, 1.82) is 0 Å². The molecular formula is C12H12N2O4. The fourth-order valence-electron chi connectivity index (χ4n) is 2.01. The van der Waals surface area contributed by atoms with Gasteiger partial charge in [0.2, 0.25) is 5.91 Å². The van der Waals surface area contributed by atoms with Crippen molar-refractivity contribution in [2.75, 3.05) is 11.1 Å². The Bertz CT molecular complexity index is 539. The predicted molar refractivity (Wildman–Crippen MR) is 64.2 cm³/mol. The minimum atomic E-state index is -1.11. The van der Waals surface area contributed by atoms with Crippen molar-refractivity contribution in [1.82, 2.24) is 0 Å². The van der Waals surface area contributed by atoms with Crippen molar-refractivity contribution in [3.8, 4) is 0 Å². The van der Waals surface area contributed by atoms with Gasteiger partial charge in [-0.3, -0.25) is 14.4 Å². The molecule has 0 saturated carbocycles. The molecule has 0 fully saturated rings. The maximum atomic E-state index is 12.0. The van der Waals surface area contributed by atoms with Gasteiger partial charge in [-0.05, 0) is 12.1 Å². The lowest BCUT2D eigenvalue weighted by atomic mass is 9.96. The van der Waals surface area contributed by atoms with Crippen LogP contribution in [0.25, 0.3) is 0 Å². The minimum Gasteiger partial charge on any atom is -0.481 e. The van der Waals surface area contributed by atoms with Gasteiger partial charge in [0.25, 0.3) is 0 Å². The molecule has 1 heterocycles. The normalized spacial score (nSPS) is 18.8. The number of ketones is 1. The van der Waals surface area contributed by atoms with Gasteiger partial charge in [-0.1, -0.05) is 6.07 Å². The zero-order valence-corrected chi connectivity index (χ0v) is 9.47. The second-order valence-corrected chi connectivity index (χ2v) is 4.18. The highest BCUT2D eigenvalue weighted by atomic mass is 16.4. The van der Waals surface area contributed by atoms with E-state index in [0.29, 0.717) is 5.69 Å². The molecule has 0 aromatic heterocycles. The average molecular weight is 248 g/mol. The zero-order valence-electron chi connectivity index (χ0n) is 9.47. The number of carboxylic acid groups (broad SMARTS) is 1. The predicted octanol–water partition coefficient (Wildman–Crippen LogP) is 0.885. The molecule has 1 aliphatic rings. The number of aliphatic carboxylic acids is 1. The van der Waals surface area contributed by atoms with E-state index in [2.05, 4.69) is 5.32 Å². The number of carbonyl (C=O) groups is 3. The van der Waals surface area contributed by atoms with E-state index >= 15 is 0 Å². The van der Waals surface area contributed by atoms with Crippen LogP contribution in [0.3, 0.4) is 0 Å². The number of nitrogens with two attached hydrogens (primary N) is 1. The van der Waals surface area contributed by atoms with E-state index in [1.807, 2.05) is 0 Å². The zero-order chi connectivity index (χ0) is 13.3. The second-order valence-electron chi connectivity index (χ2n) is 4.18. The lowest BCUT2D eigenvalue weighted by molar-refractivity contribution is -0.140. The minimum absolute atomic E-state index is 0.140. The van der Waals surface area contributed by atoms with E-state index in [4.69, 9.17) is 10.8 Å². The van der Waals surface area contributed by atoms with Gasteiger partial charge < -0.3 is 16.2 Å². The van der Waals surface area contributed by atoms with Crippen LogP contribution in [0.4, 0.5) is 11.4 Å². The number of fused-ring (bicyclic) bond motifs is 1. The third-order valence-electron chi connectivity index (χ3n) is 2.86. The molecule has 18 heavy (non-hydrogen) atoms. The molecule has 0 bridgehead atoms. The molecule has 1 amide bonds. The Morgan fingerprint density at radius 2 is 2.17 bits per heavy atom. The summed E-state index contributed by atoms with van der Waals surface area (Å²) in [7, 11) is 0. The first kappa shape index (κ1) is 12.1. The summed E-state index contributed by atoms with van der Waals surface area (Å²) in [5.41, 5.74) is 6.60. The largest absolute Gasteiger partial charge is 0.481 e. The Hall–Kier alpha value is -2.37. The summed E-state index contributed by atoms with van der Waals surface area (Å²) in [6.45, 7) is 0. The molecule has 0 saturated heterocycles. The highest BCUT2D eigenvalue weighted by Gasteiger charge is 2.31. The third-order valence-corrected chi connectivity index (χ3v) is 2.86. The van der Waals surface area contributed by atoms with Crippen LogP contribution in [0.1, 0.15) is 23.2 Å². The molecule has 94 valence electrons. The van der Waals surface area contributed by atoms with E-state index in [1.54, 1.807) is 18.2 Å². The molecule has 1 atom stereocenters. The smallest absolute Gasteiger partial charge is 0.304 e. The number of Topliss-reactive ketones (excluding diaryl/α,β-unsaturated/α-hetero) is 1. The number of rotatable bonds is 2. The number of amides is 1. The number of benzene rings is 1. The number of nitrogen functional groups attached to an aromatic ring is 1. The van der Waals surface area contributed by atoms with Crippen molar-refractivity contribution in [2.24, 2.45) is 5.92 Å². The second kappa shape index (κ2) is 4.48. The monoisotopic (exact) mass is 248 g/mol. The Morgan fingerprint density at radius 3 is 2.83 bits per heavy atom. The lowest BCUT2D eigenvalue weighted by Crippen LogP contribution is -2.24. The molecule has 4 N–H and O–H groups in total. The van der Waals surface area contributed by atoms with Crippen molar-refractivity contribution in [3.05, 3.63) is 23.8 Å². The van der Waals surface area contributed by atoms with Crippen molar-refractivity contribution >= 4 is 29.0 Å². The molecule has 0 unspecified atom stereocenters. The van der Waals surface area contributed by atoms with Crippen molar-refractivity contribution in [2.45, 2.75) is 12.8 Å². The summed E-state index contributed by atoms with van der Waals surface area (Å²) in [5.74, 6) is -2.74. The summed E-state index contributed by atoms with van der Waals surface area (Å²) in [6, 6.07) is 4.77. The SMILES string of the molecule is Nc1cccc2c1C(=O)C[C@@H](CC(=O)O)C(=O)N2. The standard InChI is InChI=1S/C12H12N2O4/c13-7-2-1-3-8-11(7)9(15)4-6(5-10(16)17)12(18)14-8/h1-3,6H,4-5,13H2,(H,14,18)(H,16,17)/t6-/m0/s1. The molecule has 0 radical (unpaired) electrons. The van der Waals surface area contributed by atoms with E-state index in [9.17, 15) is 14.4 Å². The Labute approximate surface area is 103 Å². The van der Waals surface area contributed by atoms with Crippen LogP contribution in [-0.2, 0) is 9.59 Å². The number of hydrogen-bond donors (Lipinski definition) is 3. The third kappa shape index (κ3) is 2.17. The summed E-state index contributed by atoms with van der Waals surface area (Å²) in [5, 5.41) is 11.3. The molecule has 0 aliphatic carbocycles. The van der Waals surface area contributed by atoms with Gasteiger partial charge in [-0.15, -0.1) is 0 Å². The van der Waals surface area contributed by atoms with Gasteiger partial charge in [0.1, 0.15) is 0 Å². The topological polar surface area (TPSA) is 109 Å². The first-order chi connectivity index (χ1) is 8.49. The maximum absolute atomic E-state index is 12.0. The summed E-state index contributed by atoms with van der Waals surface area (Å²) in [4.78, 5) is 34.5. The Balaban J connectivity index is 2.38. The highest BCUT2D eigenvalue weighted by Crippen LogP contribution is 2.29. The summed E-state index contributed by atoms with van der Waals surface area (Å²) in [6.07, 6.45) is -0.509. The fraction of sp³-hybridized carbons (Fsp3) is 0.250. The van der Waals surface area contributed by atoms with Crippen LogP contribution in [-0.4, -0.2) is 22.8 Å². The van der Waals surface area contributed by atoms with Crippen molar-refractivity contribution < 1.29 is 19.5 Å².